The van der Waals surface area contributed by atoms with Crippen molar-refractivity contribution in [2.75, 3.05) is 6.61 Å². The van der Waals surface area contributed by atoms with Crippen LogP contribution in [-0.2, 0) is 10.3 Å². The Morgan fingerprint density at radius 1 is 1.53 bits per heavy atom. The quantitative estimate of drug-likeness (QED) is 0.596. The first-order chi connectivity index (χ1) is 7.86. The Labute approximate surface area is 100 Å². The summed E-state index contributed by atoms with van der Waals surface area (Å²) in [5.74, 6) is -0.294. The van der Waals surface area contributed by atoms with Crippen molar-refractivity contribution in [3.8, 4) is 5.75 Å². The first-order valence-electron chi connectivity index (χ1n) is 5.35. The Bertz CT molecular complexity index is 404. The molecule has 0 heterocycles. The molecule has 0 fully saturated rings. The molecule has 1 rings (SSSR count). The van der Waals surface area contributed by atoms with Crippen LogP contribution in [0.4, 0.5) is 0 Å². The zero-order valence-corrected chi connectivity index (χ0v) is 9.97. The molecule has 0 radical (unpaired) electrons. The number of nitrogens with one attached hydrogen (secondary N) is 1. The second-order valence-corrected chi connectivity index (χ2v) is 4.45. The molecule has 1 aromatic carbocycles. The molecule has 0 aliphatic heterocycles. The van der Waals surface area contributed by atoms with E-state index in [4.69, 9.17) is 10.8 Å². The number of hydrogen-bond donors (Lipinski definition) is 4. The van der Waals surface area contributed by atoms with Crippen molar-refractivity contribution in [3.05, 3.63) is 29.8 Å². The van der Waals surface area contributed by atoms with Crippen LogP contribution in [0, 0.1) is 0 Å². The summed E-state index contributed by atoms with van der Waals surface area (Å²) in [4.78, 5) is 11.6. The monoisotopic (exact) mass is 238 g/mol. The van der Waals surface area contributed by atoms with E-state index in [9.17, 15) is 9.90 Å². The summed E-state index contributed by atoms with van der Waals surface area (Å²) < 4.78 is 0. The Hall–Kier alpha value is -1.59. The highest BCUT2D eigenvalue weighted by Gasteiger charge is 2.25. The van der Waals surface area contributed by atoms with Crippen molar-refractivity contribution in [3.63, 3.8) is 0 Å². The van der Waals surface area contributed by atoms with Gasteiger partial charge in [-0.3, -0.25) is 4.79 Å². The molecular formula is C12H18N2O3. The molecule has 0 aromatic heterocycles. The van der Waals surface area contributed by atoms with E-state index in [1.165, 1.54) is 0 Å². The zero-order valence-electron chi connectivity index (χ0n) is 9.97. The predicted molar refractivity (Wildman–Crippen MR) is 64.3 cm³/mol. The predicted octanol–water partition coefficient (Wildman–Crippen LogP) is 0.0631. The molecule has 1 aromatic rings. The van der Waals surface area contributed by atoms with Crippen LogP contribution >= 0.6 is 0 Å². The number of carbonyl (C=O) groups is 1. The molecule has 0 spiro atoms. The van der Waals surface area contributed by atoms with Gasteiger partial charge in [-0.25, -0.2) is 0 Å². The van der Waals surface area contributed by atoms with Gasteiger partial charge in [-0.15, -0.1) is 0 Å². The summed E-state index contributed by atoms with van der Waals surface area (Å²) in [5, 5.41) is 20.9. The summed E-state index contributed by atoms with van der Waals surface area (Å²) in [6.45, 7) is 3.19. The van der Waals surface area contributed by atoms with Crippen LogP contribution in [0.5, 0.6) is 5.75 Å². The minimum Gasteiger partial charge on any atom is -0.508 e. The first-order valence-corrected chi connectivity index (χ1v) is 5.35. The maximum atomic E-state index is 11.6. The van der Waals surface area contributed by atoms with Gasteiger partial charge >= 0.3 is 0 Å². The molecule has 0 aliphatic carbocycles. The van der Waals surface area contributed by atoms with E-state index < -0.39 is 24.1 Å². The summed E-state index contributed by atoms with van der Waals surface area (Å²) >= 11 is 0. The number of nitrogens with two attached hydrogens (primary N) is 1. The first kappa shape index (κ1) is 13.5. The van der Waals surface area contributed by atoms with Crippen molar-refractivity contribution in [2.24, 2.45) is 5.73 Å². The number of hydrogen-bond acceptors (Lipinski definition) is 4. The van der Waals surface area contributed by atoms with E-state index in [-0.39, 0.29) is 5.75 Å². The molecule has 5 nitrogen and oxygen atoms in total. The lowest BCUT2D eigenvalue weighted by molar-refractivity contribution is -0.124. The van der Waals surface area contributed by atoms with Crippen LogP contribution in [0.2, 0.25) is 0 Å². The van der Waals surface area contributed by atoms with Gasteiger partial charge in [0.25, 0.3) is 0 Å². The van der Waals surface area contributed by atoms with Gasteiger partial charge in [0.15, 0.2) is 0 Å². The highest BCUT2D eigenvalue weighted by atomic mass is 16.3. The smallest absolute Gasteiger partial charge is 0.239 e. The number of carbonyl (C=O) groups excluding carboxylic acids is 1. The second-order valence-electron chi connectivity index (χ2n) is 4.45. The SMILES string of the molecule is CC(C)(NC(=O)[C@H](N)CO)c1cccc(O)c1. The molecule has 1 atom stereocenters. The van der Waals surface area contributed by atoms with Gasteiger partial charge in [0.05, 0.1) is 12.1 Å². The third-order valence-corrected chi connectivity index (χ3v) is 2.54. The fraction of sp³-hybridized carbons (Fsp3) is 0.417. The number of rotatable bonds is 4. The average molecular weight is 238 g/mol. The van der Waals surface area contributed by atoms with Crippen LogP contribution in [0.3, 0.4) is 0 Å². The van der Waals surface area contributed by atoms with Crippen LogP contribution in [0.1, 0.15) is 19.4 Å². The van der Waals surface area contributed by atoms with E-state index in [2.05, 4.69) is 5.32 Å². The van der Waals surface area contributed by atoms with Crippen LogP contribution in [0.25, 0.3) is 0 Å². The highest BCUT2D eigenvalue weighted by molar-refractivity contribution is 5.82. The molecule has 0 bridgehead atoms. The zero-order chi connectivity index (χ0) is 13.1. The summed E-state index contributed by atoms with van der Waals surface area (Å²) in [7, 11) is 0. The van der Waals surface area contributed by atoms with Gasteiger partial charge in [-0.1, -0.05) is 12.1 Å². The van der Waals surface area contributed by atoms with Crippen molar-refractivity contribution in [1.29, 1.82) is 0 Å². The minimum atomic E-state index is -0.938. The number of aliphatic hydroxyl groups excluding tert-OH is 1. The molecule has 1 amide bonds. The Morgan fingerprint density at radius 3 is 2.71 bits per heavy atom. The lowest BCUT2D eigenvalue weighted by atomic mass is 9.93. The number of phenolic OH excluding ortho intramolecular Hbond substituents is 1. The number of amides is 1. The van der Waals surface area contributed by atoms with Crippen molar-refractivity contribution in [1.82, 2.24) is 5.32 Å². The highest BCUT2D eigenvalue weighted by Crippen LogP contribution is 2.23. The van der Waals surface area contributed by atoms with E-state index in [1.54, 1.807) is 38.1 Å². The van der Waals surface area contributed by atoms with Crippen molar-refractivity contribution in [2.45, 2.75) is 25.4 Å². The van der Waals surface area contributed by atoms with Gasteiger partial charge in [-0.2, -0.15) is 0 Å². The maximum absolute atomic E-state index is 11.6. The van der Waals surface area contributed by atoms with Crippen LogP contribution < -0.4 is 11.1 Å². The number of aromatic hydroxyl groups is 1. The van der Waals surface area contributed by atoms with Gasteiger partial charge in [-0.05, 0) is 31.5 Å². The third kappa shape index (κ3) is 3.44. The van der Waals surface area contributed by atoms with Gasteiger partial charge in [0.1, 0.15) is 11.8 Å². The molecule has 5 N–H and O–H groups in total. The van der Waals surface area contributed by atoms with Gasteiger partial charge < -0.3 is 21.3 Å². The Kier molecular flexibility index (Phi) is 4.09. The van der Waals surface area contributed by atoms with Crippen LogP contribution in [-0.4, -0.2) is 28.8 Å². The molecule has 94 valence electrons. The molecule has 0 unspecified atom stereocenters. The maximum Gasteiger partial charge on any atom is 0.239 e. The molecule has 0 saturated carbocycles. The molecule has 0 saturated heterocycles. The molecule has 17 heavy (non-hydrogen) atoms. The molecular weight excluding hydrogens is 220 g/mol. The molecule has 0 aliphatic rings. The Balaban J connectivity index is 2.85. The lowest BCUT2D eigenvalue weighted by Crippen LogP contribution is -2.50. The van der Waals surface area contributed by atoms with E-state index >= 15 is 0 Å². The van der Waals surface area contributed by atoms with Gasteiger partial charge in [0, 0.05) is 0 Å². The standard InChI is InChI=1S/C12H18N2O3/c1-12(2,14-11(17)10(13)7-15)8-4-3-5-9(16)6-8/h3-6,10,15-16H,7,13H2,1-2H3,(H,14,17)/t10-/m1/s1. The second kappa shape index (κ2) is 5.16. The normalized spacial score (nSPS) is 13.2. The topological polar surface area (TPSA) is 95.6 Å². The lowest BCUT2D eigenvalue weighted by Gasteiger charge is -2.28. The van der Waals surface area contributed by atoms with Crippen LogP contribution in [0.15, 0.2) is 24.3 Å². The van der Waals surface area contributed by atoms with E-state index in [0.29, 0.717) is 0 Å². The minimum absolute atomic E-state index is 0.135. The number of benzene rings is 1. The van der Waals surface area contributed by atoms with Crippen molar-refractivity contribution < 1.29 is 15.0 Å². The fourth-order valence-electron chi connectivity index (χ4n) is 1.45. The van der Waals surface area contributed by atoms with Gasteiger partial charge in [0.2, 0.25) is 5.91 Å². The summed E-state index contributed by atoms with van der Waals surface area (Å²) in [6.07, 6.45) is 0. The number of aliphatic hydroxyl groups is 1. The molecule has 5 heteroatoms. The average Bonchev–Trinajstić information content (AvgIpc) is 2.27. The van der Waals surface area contributed by atoms with E-state index in [0.717, 1.165) is 5.56 Å². The number of phenols is 1. The third-order valence-electron chi connectivity index (χ3n) is 2.54. The largest absolute Gasteiger partial charge is 0.508 e. The summed E-state index contributed by atoms with van der Waals surface area (Å²) in [6, 6.07) is 5.69. The van der Waals surface area contributed by atoms with E-state index in [1.807, 2.05) is 0 Å². The fourth-order valence-corrected chi connectivity index (χ4v) is 1.45. The van der Waals surface area contributed by atoms with Crippen molar-refractivity contribution >= 4 is 5.91 Å². The Morgan fingerprint density at radius 2 is 2.18 bits per heavy atom. The summed E-state index contributed by atoms with van der Waals surface area (Å²) in [5.41, 5.74) is 5.52.